The van der Waals surface area contributed by atoms with Crippen LogP contribution in [0.2, 0.25) is 10.0 Å². The molecule has 3 nitrogen and oxygen atoms in total. The average molecular weight is 424 g/mol. The average Bonchev–Trinajstić information content (AvgIpc) is 2.68. The van der Waals surface area contributed by atoms with Crippen LogP contribution in [0.4, 0.5) is 14.5 Å². The molecule has 0 aliphatic rings. The van der Waals surface area contributed by atoms with Crippen LogP contribution >= 0.6 is 23.2 Å². The number of benzene rings is 3. The van der Waals surface area contributed by atoms with Crippen LogP contribution in [0.5, 0.6) is 11.5 Å². The van der Waals surface area contributed by atoms with E-state index in [4.69, 9.17) is 32.7 Å². The van der Waals surface area contributed by atoms with Crippen molar-refractivity contribution in [2.45, 2.75) is 13.2 Å². The van der Waals surface area contributed by atoms with Crippen LogP contribution in [0, 0.1) is 11.6 Å². The Labute approximate surface area is 171 Å². The molecule has 0 atom stereocenters. The molecule has 0 spiro atoms. The van der Waals surface area contributed by atoms with E-state index in [1.54, 1.807) is 30.3 Å². The Hall–Kier alpha value is -2.50. The summed E-state index contributed by atoms with van der Waals surface area (Å²) in [6.07, 6.45) is 0. The number of ether oxygens (including phenoxy) is 2. The fourth-order valence-corrected chi connectivity index (χ4v) is 3.11. The van der Waals surface area contributed by atoms with E-state index in [1.165, 1.54) is 31.4 Å². The molecule has 0 aliphatic heterocycles. The molecule has 7 heteroatoms. The summed E-state index contributed by atoms with van der Waals surface area (Å²) >= 11 is 12.4. The van der Waals surface area contributed by atoms with Gasteiger partial charge in [-0.3, -0.25) is 0 Å². The second-order valence-electron chi connectivity index (χ2n) is 5.96. The van der Waals surface area contributed by atoms with Crippen LogP contribution in [0.25, 0.3) is 0 Å². The minimum Gasteiger partial charge on any atom is -0.493 e. The number of anilines is 1. The van der Waals surface area contributed by atoms with Crippen molar-refractivity contribution in [2.75, 3.05) is 12.4 Å². The lowest BCUT2D eigenvalue weighted by Crippen LogP contribution is -2.04. The van der Waals surface area contributed by atoms with Gasteiger partial charge in [0, 0.05) is 17.8 Å². The van der Waals surface area contributed by atoms with E-state index >= 15 is 0 Å². The molecular formula is C21H17Cl2F2NO2. The van der Waals surface area contributed by atoms with Gasteiger partial charge in [-0.1, -0.05) is 29.3 Å². The van der Waals surface area contributed by atoms with Crippen LogP contribution in [0.1, 0.15) is 11.1 Å². The van der Waals surface area contributed by atoms with Crippen LogP contribution in [-0.2, 0) is 13.2 Å². The Morgan fingerprint density at radius 2 is 1.71 bits per heavy atom. The highest BCUT2D eigenvalue weighted by Crippen LogP contribution is 2.37. The fraction of sp³-hybridized carbons (Fsp3) is 0.143. The molecule has 0 amide bonds. The van der Waals surface area contributed by atoms with Gasteiger partial charge < -0.3 is 14.8 Å². The van der Waals surface area contributed by atoms with Crippen molar-refractivity contribution in [1.82, 2.24) is 0 Å². The topological polar surface area (TPSA) is 30.5 Å². The monoisotopic (exact) mass is 423 g/mol. The van der Waals surface area contributed by atoms with Gasteiger partial charge >= 0.3 is 0 Å². The van der Waals surface area contributed by atoms with E-state index in [-0.39, 0.29) is 23.0 Å². The van der Waals surface area contributed by atoms with Gasteiger partial charge in [-0.25, -0.2) is 8.78 Å². The summed E-state index contributed by atoms with van der Waals surface area (Å²) in [6, 6.07) is 14.0. The lowest BCUT2D eigenvalue weighted by molar-refractivity contribution is 0.280. The Balaban J connectivity index is 1.74. The number of rotatable bonds is 7. The van der Waals surface area contributed by atoms with Crippen LogP contribution in [-0.4, -0.2) is 7.11 Å². The van der Waals surface area contributed by atoms with E-state index in [9.17, 15) is 8.78 Å². The first kappa shape index (κ1) is 20.2. The molecule has 28 heavy (non-hydrogen) atoms. The van der Waals surface area contributed by atoms with Gasteiger partial charge in [-0.2, -0.15) is 0 Å². The van der Waals surface area contributed by atoms with Crippen LogP contribution in [0.15, 0.2) is 54.6 Å². The van der Waals surface area contributed by atoms with Crippen molar-refractivity contribution < 1.29 is 18.3 Å². The molecule has 0 fully saturated rings. The summed E-state index contributed by atoms with van der Waals surface area (Å²) in [5.41, 5.74) is 1.85. The first-order chi connectivity index (χ1) is 13.5. The van der Waals surface area contributed by atoms with Gasteiger partial charge in [0.05, 0.1) is 17.2 Å². The van der Waals surface area contributed by atoms with Gasteiger partial charge in [-0.05, 0) is 54.1 Å². The zero-order valence-electron chi connectivity index (χ0n) is 14.9. The van der Waals surface area contributed by atoms with Gasteiger partial charge in [0.25, 0.3) is 0 Å². The molecule has 0 aliphatic carbocycles. The number of hydrogen-bond acceptors (Lipinski definition) is 3. The normalized spacial score (nSPS) is 10.6. The maximum absolute atomic E-state index is 13.9. The highest BCUT2D eigenvalue weighted by molar-refractivity contribution is 6.32. The van der Waals surface area contributed by atoms with Crippen molar-refractivity contribution in [3.05, 3.63) is 87.4 Å². The highest BCUT2D eigenvalue weighted by Gasteiger charge is 2.15. The van der Waals surface area contributed by atoms with Crippen molar-refractivity contribution in [2.24, 2.45) is 0 Å². The highest BCUT2D eigenvalue weighted by atomic mass is 35.5. The van der Waals surface area contributed by atoms with Gasteiger partial charge in [-0.15, -0.1) is 0 Å². The minimum atomic E-state index is -0.456. The third-order valence-electron chi connectivity index (χ3n) is 4.05. The predicted octanol–water partition coefficient (Wildman–Crippen LogP) is 6.47. The summed E-state index contributed by atoms with van der Waals surface area (Å²) in [5, 5.41) is 3.77. The lowest BCUT2D eigenvalue weighted by Gasteiger charge is -2.15. The number of methoxy groups -OCH3 is 1. The van der Waals surface area contributed by atoms with E-state index in [1.807, 2.05) is 0 Å². The molecule has 3 aromatic rings. The molecule has 3 aromatic carbocycles. The second-order valence-corrected chi connectivity index (χ2v) is 6.77. The molecule has 0 heterocycles. The molecule has 3 rings (SSSR count). The van der Waals surface area contributed by atoms with Crippen molar-refractivity contribution in [1.29, 1.82) is 0 Å². The Morgan fingerprint density at radius 1 is 0.964 bits per heavy atom. The number of halogens is 4. The van der Waals surface area contributed by atoms with Crippen molar-refractivity contribution in [3.63, 3.8) is 0 Å². The molecule has 146 valence electrons. The lowest BCUT2D eigenvalue weighted by atomic mass is 10.2. The zero-order chi connectivity index (χ0) is 20.1. The van der Waals surface area contributed by atoms with E-state index in [0.29, 0.717) is 23.1 Å². The molecule has 0 bridgehead atoms. The first-order valence-electron chi connectivity index (χ1n) is 8.39. The summed E-state index contributed by atoms with van der Waals surface area (Å²) in [7, 11) is 1.49. The summed E-state index contributed by atoms with van der Waals surface area (Å²) in [4.78, 5) is 0. The predicted molar refractivity (Wildman–Crippen MR) is 107 cm³/mol. The standard InChI is InChI=1S/C21H17Cl2F2NO2/c1-27-20-10-13(11-26-15-7-5-14(24)6-8-15)9-18(23)21(20)28-12-16-17(22)3-2-4-19(16)25/h2-10,26H,11-12H2,1H3. The quantitative estimate of drug-likeness (QED) is 0.472. The Bertz CT molecular complexity index is 945. The van der Waals surface area contributed by atoms with Crippen molar-refractivity contribution in [3.8, 4) is 11.5 Å². The van der Waals surface area contributed by atoms with Crippen LogP contribution in [0.3, 0.4) is 0 Å². The molecule has 0 aromatic heterocycles. The van der Waals surface area contributed by atoms with Crippen molar-refractivity contribution >= 4 is 28.9 Å². The fourth-order valence-electron chi connectivity index (χ4n) is 2.60. The molecule has 1 N–H and O–H groups in total. The molecule has 0 saturated carbocycles. The zero-order valence-corrected chi connectivity index (χ0v) is 16.5. The minimum absolute atomic E-state index is 0.0885. The maximum atomic E-state index is 13.9. The van der Waals surface area contributed by atoms with E-state index < -0.39 is 5.82 Å². The molecule has 0 radical (unpaired) electrons. The number of hydrogen-bond donors (Lipinski definition) is 1. The maximum Gasteiger partial charge on any atom is 0.180 e. The molecule has 0 saturated heterocycles. The third-order valence-corrected chi connectivity index (χ3v) is 4.69. The largest absolute Gasteiger partial charge is 0.493 e. The van der Waals surface area contributed by atoms with Crippen LogP contribution < -0.4 is 14.8 Å². The Morgan fingerprint density at radius 3 is 2.39 bits per heavy atom. The summed E-state index contributed by atoms with van der Waals surface area (Å²) in [5.74, 6) is -0.0423. The summed E-state index contributed by atoms with van der Waals surface area (Å²) < 4.78 is 38.0. The smallest absolute Gasteiger partial charge is 0.180 e. The molecular weight excluding hydrogens is 407 g/mol. The first-order valence-corrected chi connectivity index (χ1v) is 9.15. The van der Waals surface area contributed by atoms with Gasteiger partial charge in [0.15, 0.2) is 11.5 Å². The van der Waals surface area contributed by atoms with Gasteiger partial charge in [0.2, 0.25) is 0 Å². The van der Waals surface area contributed by atoms with Gasteiger partial charge in [0.1, 0.15) is 18.2 Å². The number of nitrogens with one attached hydrogen (secondary N) is 1. The Kier molecular flexibility index (Phi) is 6.60. The SMILES string of the molecule is COc1cc(CNc2ccc(F)cc2)cc(Cl)c1OCc1c(F)cccc1Cl. The van der Waals surface area contributed by atoms with E-state index in [2.05, 4.69) is 5.32 Å². The third kappa shape index (κ3) is 4.86. The molecule has 0 unspecified atom stereocenters. The second kappa shape index (κ2) is 9.13. The van der Waals surface area contributed by atoms with E-state index in [0.717, 1.165) is 11.3 Å². The summed E-state index contributed by atoms with van der Waals surface area (Å²) in [6.45, 7) is 0.357.